The molecule has 3 aromatic rings. The molecule has 32 heavy (non-hydrogen) atoms. The number of rotatable bonds is 6. The minimum absolute atomic E-state index is 0.0319. The average Bonchev–Trinajstić information content (AvgIpc) is 3.23. The molecule has 0 saturated carbocycles. The number of anilines is 2. The Kier molecular flexibility index (Phi) is 5.41. The molecule has 0 radical (unpaired) electrons. The fourth-order valence-electron chi connectivity index (χ4n) is 4.94. The molecular formula is C24H33N7O. The van der Waals surface area contributed by atoms with Crippen molar-refractivity contribution in [1.82, 2.24) is 24.9 Å². The van der Waals surface area contributed by atoms with Crippen LogP contribution in [0.3, 0.4) is 0 Å². The fraction of sp³-hybridized carbons (Fsp3) is 0.542. The van der Waals surface area contributed by atoms with Gasteiger partial charge in [-0.05, 0) is 56.3 Å². The van der Waals surface area contributed by atoms with Crippen molar-refractivity contribution in [3.8, 4) is 5.75 Å². The van der Waals surface area contributed by atoms with Crippen molar-refractivity contribution in [2.45, 2.75) is 57.5 Å². The van der Waals surface area contributed by atoms with Crippen LogP contribution in [0.25, 0.3) is 5.65 Å². The standard InChI is InChI=1S/C24H33N7O/c1-16(2)20-14-26-31-21(20)28-22(30-12-10-24(30)9-6-11-25-15-24)29-23(31)27-17(3)18-7-5-8-19(13-18)32-4/h5,7-8,13-14,16-17,25H,6,9-12,15H2,1-4H3,(H,27,28,29)/t17-,24?/m0/s1. The largest absolute Gasteiger partial charge is 0.497 e. The molecule has 8 nitrogen and oxygen atoms in total. The van der Waals surface area contributed by atoms with E-state index in [4.69, 9.17) is 14.7 Å². The van der Waals surface area contributed by atoms with Gasteiger partial charge in [0.15, 0.2) is 5.65 Å². The summed E-state index contributed by atoms with van der Waals surface area (Å²) in [5.41, 5.74) is 3.30. The minimum atomic E-state index is 0.0319. The Morgan fingerprint density at radius 3 is 2.75 bits per heavy atom. The summed E-state index contributed by atoms with van der Waals surface area (Å²) >= 11 is 0. The third-order valence-corrected chi connectivity index (χ3v) is 7.01. The highest BCUT2D eigenvalue weighted by atomic mass is 16.5. The lowest BCUT2D eigenvalue weighted by Gasteiger charge is -2.55. The number of ether oxygens (including phenoxy) is 1. The van der Waals surface area contributed by atoms with Gasteiger partial charge in [-0.15, -0.1) is 0 Å². The predicted octanol–water partition coefficient (Wildman–Crippen LogP) is 3.76. The summed E-state index contributed by atoms with van der Waals surface area (Å²) < 4.78 is 7.26. The minimum Gasteiger partial charge on any atom is -0.497 e. The van der Waals surface area contributed by atoms with Crippen molar-refractivity contribution < 1.29 is 4.74 Å². The van der Waals surface area contributed by atoms with Crippen molar-refractivity contribution in [3.05, 3.63) is 41.6 Å². The van der Waals surface area contributed by atoms with Crippen molar-refractivity contribution >= 4 is 17.5 Å². The lowest BCUT2D eigenvalue weighted by molar-refractivity contribution is 0.208. The first-order chi connectivity index (χ1) is 15.5. The highest BCUT2D eigenvalue weighted by molar-refractivity contribution is 5.58. The molecule has 2 saturated heterocycles. The molecule has 1 unspecified atom stereocenters. The van der Waals surface area contributed by atoms with E-state index in [-0.39, 0.29) is 11.6 Å². The Morgan fingerprint density at radius 2 is 2.06 bits per heavy atom. The monoisotopic (exact) mass is 435 g/mol. The van der Waals surface area contributed by atoms with Gasteiger partial charge < -0.3 is 20.3 Å². The van der Waals surface area contributed by atoms with Crippen LogP contribution < -0.4 is 20.3 Å². The van der Waals surface area contributed by atoms with Gasteiger partial charge in [0.05, 0.1) is 24.9 Å². The molecule has 0 bridgehead atoms. The van der Waals surface area contributed by atoms with E-state index in [2.05, 4.69) is 53.5 Å². The summed E-state index contributed by atoms with van der Waals surface area (Å²) in [5.74, 6) is 2.70. The number of hydrogen-bond donors (Lipinski definition) is 2. The first kappa shape index (κ1) is 21.0. The number of piperidine rings is 1. The third-order valence-electron chi connectivity index (χ3n) is 7.01. The maximum absolute atomic E-state index is 5.41. The molecule has 170 valence electrons. The van der Waals surface area contributed by atoms with Gasteiger partial charge in [-0.1, -0.05) is 26.0 Å². The number of fused-ring (bicyclic) bond motifs is 1. The number of aromatic nitrogens is 4. The zero-order chi connectivity index (χ0) is 22.3. The van der Waals surface area contributed by atoms with Gasteiger partial charge in [0, 0.05) is 18.7 Å². The molecule has 2 aliphatic heterocycles. The van der Waals surface area contributed by atoms with E-state index < -0.39 is 0 Å². The number of nitrogens with zero attached hydrogens (tertiary/aromatic N) is 5. The first-order valence-corrected chi connectivity index (χ1v) is 11.7. The average molecular weight is 436 g/mol. The Hall–Kier alpha value is -2.87. The van der Waals surface area contributed by atoms with Gasteiger partial charge in [-0.2, -0.15) is 19.6 Å². The number of benzene rings is 1. The van der Waals surface area contributed by atoms with Crippen LogP contribution in [0.2, 0.25) is 0 Å². The summed E-state index contributed by atoms with van der Waals surface area (Å²) in [6, 6.07) is 8.15. The summed E-state index contributed by atoms with van der Waals surface area (Å²) in [4.78, 5) is 12.4. The Bertz CT molecular complexity index is 1100. The van der Waals surface area contributed by atoms with Crippen LogP contribution >= 0.6 is 0 Å². The van der Waals surface area contributed by atoms with Crippen LogP contribution in [-0.2, 0) is 0 Å². The number of methoxy groups -OCH3 is 1. The highest BCUT2D eigenvalue weighted by Gasteiger charge is 2.47. The van der Waals surface area contributed by atoms with Crippen molar-refractivity contribution in [2.24, 2.45) is 0 Å². The van der Waals surface area contributed by atoms with E-state index in [1.165, 1.54) is 19.3 Å². The molecule has 2 atom stereocenters. The second-order valence-electron chi connectivity index (χ2n) is 9.39. The Labute approximate surface area is 189 Å². The SMILES string of the molecule is COc1cccc([C@H](C)Nc2nc(N3CCC34CCCNC4)nc3c(C(C)C)cnn23)c1. The molecule has 0 amide bonds. The fourth-order valence-corrected chi connectivity index (χ4v) is 4.94. The molecule has 5 rings (SSSR count). The smallest absolute Gasteiger partial charge is 0.231 e. The molecule has 4 heterocycles. The molecule has 2 aromatic heterocycles. The zero-order valence-electron chi connectivity index (χ0n) is 19.4. The van der Waals surface area contributed by atoms with Crippen molar-refractivity contribution in [2.75, 3.05) is 37.0 Å². The molecule has 2 fully saturated rings. The summed E-state index contributed by atoms with van der Waals surface area (Å²) in [6.07, 6.45) is 5.50. The molecule has 1 aromatic carbocycles. The van der Waals surface area contributed by atoms with Crippen LogP contribution in [-0.4, -0.2) is 51.9 Å². The maximum atomic E-state index is 5.41. The van der Waals surface area contributed by atoms with Crippen molar-refractivity contribution in [1.29, 1.82) is 0 Å². The molecule has 2 N–H and O–H groups in total. The van der Waals surface area contributed by atoms with E-state index in [0.717, 1.165) is 54.1 Å². The first-order valence-electron chi connectivity index (χ1n) is 11.7. The van der Waals surface area contributed by atoms with Crippen LogP contribution in [0.1, 0.15) is 63.1 Å². The molecule has 2 aliphatic rings. The summed E-state index contributed by atoms with van der Waals surface area (Å²) in [7, 11) is 1.69. The Morgan fingerprint density at radius 1 is 1.19 bits per heavy atom. The lowest BCUT2D eigenvalue weighted by Crippen LogP contribution is -2.67. The Balaban J connectivity index is 1.54. The van der Waals surface area contributed by atoms with Crippen LogP contribution in [0.5, 0.6) is 5.75 Å². The molecule has 0 aliphatic carbocycles. The number of nitrogens with one attached hydrogen (secondary N) is 2. The quantitative estimate of drug-likeness (QED) is 0.610. The normalized spacial score (nSPS) is 21.7. The van der Waals surface area contributed by atoms with Crippen LogP contribution in [0.4, 0.5) is 11.9 Å². The molecular weight excluding hydrogens is 402 g/mol. The van der Waals surface area contributed by atoms with E-state index >= 15 is 0 Å². The molecule has 1 spiro atoms. The van der Waals surface area contributed by atoms with E-state index in [1.54, 1.807) is 7.11 Å². The zero-order valence-corrected chi connectivity index (χ0v) is 19.4. The second kappa shape index (κ2) is 8.24. The molecule has 8 heteroatoms. The predicted molar refractivity (Wildman–Crippen MR) is 127 cm³/mol. The highest BCUT2D eigenvalue weighted by Crippen LogP contribution is 2.39. The third kappa shape index (κ3) is 3.56. The van der Waals surface area contributed by atoms with Gasteiger partial charge in [0.2, 0.25) is 11.9 Å². The summed E-state index contributed by atoms with van der Waals surface area (Å²) in [6.45, 7) is 9.59. The van der Waals surface area contributed by atoms with Gasteiger partial charge >= 0.3 is 0 Å². The van der Waals surface area contributed by atoms with Gasteiger partial charge in [-0.25, -0.2) is 0 Å². The van der Waals surface area contributed by atoms with Crippen molar-refractivity contribution in [3.63, 3.8) is 0 Å². The summed E-state index contributed by atoms with van der Waals surface area (Å²) in [5, 5.41) is 11.8. The van der Waals surface area contributed by atoms with E-state index in [9.17, 15) is 0 Å². The number of hydrogen-bond acceptors (Lipinski definition) is 7. The van der Waals surface area contributed by atoms with E-state index in [0.29, 0.717) is 5.92 Å². The van der Waals surface area contributed by atoms with Gasteiger partial charge in [0.1, 0.15) is 5.75 Å². The van der Waals surface area contributed by atoms with Gasteiger partial charge in [0.25, 0.3) is 0 Å². The van der Waals surface area contributed by atoms with Crippen LogP contribution in [0.15, 0.2) is 30.5 Å². The van der Waals surface area contributed by atoms with Gasteiger partial charge in [-0.3, -0.25) is 0 Å². The maximum Gasteiger partial charge on any atom is 0.231 e. The second-order valence-corrected chi connectivity index (χ2v) is 9.39. The van der Waals surface area contributed by atoms with Crippen LogP contribution in [0, 0.1) is 0 Å². The lowest BCUT2D eigenvalue weighted by atomic mass is 9.79. The topological polar surface area (TPSA) is 79.6 Å². The van der Waals surface area contributed by atoms with E-state index in [1.807, 2.05) is 22.8 Å².